The van der Waals surface area contributed by atoms with E-state index in [4.69, 9.17) is 4.74 Å². The summed E-state index contributed by atoms with van der Waals surface area (Å²) in [6.45, 7) is 0.819. The average molecular weight is 358 g/mol. The van der Waals surface area contributed by atoms with Crippen molar-refractivity contribution in [2.45, 2.75) is 6.42 Å². The summed E-state index contributed by atoms with van der Waals surface area (Å²) in [5.74, 6) is 1.60. The molecule has 0 aliphatic carbocycles. The Bertz CT molecular complexity index is 777. The fraction of sp³-hybridized carbons (Fsp3) is 0.176. The van der Waals surface area contributed by atoms with Crippen LogP contribution in [0.25, 0.3) is 10.9 Å². The molecule has 3 rings (SSSR count). The monoisotopic (exact) mass is 357 g/mol. The van der Waals surface area contributed by atoms with Gasteiger partial charge in [0.05, 0.1) is 17.1 Å². The Labute approximate surface area is 137 Å². The van der Waals surface area contributed by atoms with Crippen LogP contribution in [-0.2, 0) is 6.42 Å². The molecule has 0 atom stereocenters. The third kappa shape index (κ3) is 3.04. The van der Waals surface area contributed by atoms with Crippen LogP contribution in [0.3, 0.4) is 0 Å². The lowest BCUT2D eigenvalue weighted by Crippen LogP contribution is -2.07. The standard InChI is InChI=1S/C17H16BrN3O/c1-22-14-8-7-13-16(15(14)18)20-11-21-17(13)19-10-9-12-5-3-2-4-6-12/h2-8,11H,9-10H2,1H3,(H,19,20,21). The number of ether oxygens (including phenoxy) is 1. The number of nitrogens with zero attached hydrogens (tertiary/aromatic N) is 2. The van der Waals surface area contributed by atoms with Crippen molar-refractivity contribution in [1.82, 2.24) is 9.97 Å². The smallest absolute Gasteiger partial charge is 0.137 e. The number of benzene rings is 2. The zero-order valence-electron chi connectivity index (χ0n) is 12.2. The Kier molecular flexibility index (Phi) is 4.53. The first kappa shape index (κ1) is 14.8. The van der Waals surface area contributed by atoms with Gasteiger partial charge in [-0.3, -0.25) is 0 Å². The van der Waals surface area contributed by atoms with Crippen LogP contribution < -0.4 is 10.1 Å². The first-order chi connectivity index (χ1) is 10.8. The molecular weight excluding hydrogens is 342 g/mol. The molecule has 0 saturated carbocycles. The Morgan fingerprint density at radius 3 is 2.68 bits per heavy atom. The second kappa shape index (κ2) is 6.75. The summed E-state index contributed by atoms with van der Waals surface area (Å²) in [6, 6.07) is 14.3. The highest BCUT2D eigenvalue weighted by molar-refractivity contribution is 9.10. The first-order valence-corrected chi connectivity index (χ1v) is 7.84. The molecule has 4 nitrogen and oxygen atoms in total. The maximum atomic E-state index is 5.30. The molecule has 1 heterocycles. The fourth-order valence-electron chi connectivity index (χ4n) is 2.35. The average Bonchev–Trinajstić information content (AvgIpc) is 2.57. The molecule has 0 amide bonds. The minimum absolute atomic E-state index is 0.765. The maximum absolute atomic E-state index is 5.30. The highest BCUT2D eigenvalue weighted by Crippen LogP contribution is 2.33. The van der Waals surface area contributed by atoms with Gasteiger partial charge in [-0.25, -0.2) is 9.97 Å². The van der Waals surface area contributed by atoms with Crippen molar-refractivity contribution in [1.29, 1.82) is 0 Å². The number of methoxy groups -OCH3 is 1. The molecule has 0 fully saturated rings. The van der Waals surface area contributed by atoms with Gasteiger partial charge < -0.3 is 10.1 Å². The van der Waals surface area contributed by atoms with Crippen LogP contribution in [0.1, 0.15) is 5.56 Å². The van der Waals surface area contributed by atoms with Crippen molar-refractivity contribution in [3.8, 4) is 5.75 Å². The lowest BCUT2D eigenvalue weighted by atomic mass is 10.1. The predicted molar refractivity (Wildman–Crippen MR) is 92.4 cm³/mol. The van der Waals surface area contributed by atoms with Gasteiger partial charge in [-0.05, 0) is 40.0 Å². The Hall–Kier alpha value is -2.14. The van der Waals surface area contributed by atoms with Crippen LogP contribution in [-0.4, -0.2) is 23.6 Å². The number of anilines is 1. The van der Waals surface area contributed by atoms with E-state index >= 15 is 0 Å². The minimum Gasteiger partial charge on any atom is -0.495 e. The number of rotatable bonds is 5. The normalized spacial score (nSPS) is 10.6. The largest absolute Gasteiger partial charge is 0.495 e. The molecule has 1 aromatic heterocycles. The molecule has 0 unspecified atom stereocenters. The molecule has 1 N–H and O–H groups in total. The van der Waals surface area contributed by atoms with Crippen LogP contribution in [0, 0.1) is 0 Å². The SMILES string of the molecule is COc1ccc2c(NCCc3ccccc3)ncnc2c1Br. The summed E-state index contributed by atoms with van der Waals surface area (Å²) >= 11 is 3.54. The van der Waals surface area contributed by atoms with E-state index in [0.717, 1.165) is 39.9 Å². The summed E-state index contributed by atoms with van der Waals surface area (Å²) in [6.07, 6.45) is 2.51. The molecule has 0 saturated heterocycles. The van der Waals surface area contributed by atoms with Crippen molar-refractivity contribution >= 4 is 32.7 Å². The molecule has 2 aromatic carbocycles. The first-order valence-electron chi connectivity index (χ1n) is 7.04. The molecule has 0 bridgehead atoms. The van der Waals surface area contributed by atoms with Gasteiger partial charge in [-0.15, -0.1) is 0 Å². The Morgan fingerprint density at radius 2 is 1.91 bits per heavy atom. The van der Waals surface area contributed by atoms with Gasteiger partial charge in [-0.1, -0.05) is 30.3 Å². The van der Waals surface area contributed by atoms with Crippen molar-refractivity contribution in [3.05, 3.63) is 58.8 Å². The lowest BCUT2D eigenvalue weighted by Gasteiger charge is -2.11. The number of hydrogen-bond acceptors (Lipinski definition) is 4. The van der Waals surface area contributed by atoms with Crippen LogP contribution in [0.15, 0.2) is 53.3 Å². The molecule has 0 radical (unpaired) electrons. The molecule has 22 heavy (non-hydrogen) atoms. The van der Waals surface area contributed by atoms with Crippen LogP contribution in [0.4, 0.5) is 5.82 Å². The summed E-state index contributed by atoms with van der Waals surface area (Å²) < 4.78 is 6.15. The van der Waals surface area contributed by atoms with Gasteiger partial charge in [0, 0.05) is 11.9 Å². The Morgan fingerprint density at radius 1 is 1.09 bits per heavy atom. The third-order valence-corrected chi connectivity index (χ3v) is 4.24. The van der Waals surface area contributed by atoms with E-state index in [1.54, 1.807) is 13.4 Å². The van der Waals surface area contributed by atoms with E-state index in [9.17, 15) is 0 Å². The predicted octanol–water partition coefficient (Wildman–Crippen LogP) is 4.06. The quantitative estimate of drug-likeness (QED) is 0.747. The van der Waals surface area contributed by atoms with Crippen LogP contribution in [0.5, 0.6) is 5.75 Å². The minimum atomic E-state index is 0.765. The lowest BCUT2D eigenvalue weighted by molar-refractivity contribution is 0.413. The summed E-state index contributed by atoms with van der Waals surface area (Å²) in [5.41, 5.74) is 2.15. The number of fused-ring (bicyclic) bond motifs is 1. The van der Waals surface area contributed by atoms with Gasteiger partial charge >= 0.3 is 0 Å². The molecular formula is C17H16BrN3O. The molecule has 0 spiro atoms. The van der Waals surface area contributed by atoms with Crippen LogP contribution in [0.2, 0.25) is 0 Å². The third-order valence-electron chi connectivity index (χ3n) is 3.48. The highest BCUT2D eigenvalue weighted by atomic mass is 79.9. The zero-order chi connectivity index (χ0) is 15.4. The molecule has 0 aliphatic rings. The highest BCUT2D eigenvalue weighted by Gasteiger charge is 2.10. The molecule has 3 aromatic rings. The van der Waals surface area contributed by atoms with E-state index in [-0.39, 0.29) is 0 Å². The van der Waals surface area contributed by atoms with E-state index in [1.165, 1.54) is 5.56 Å². The van der Waals surface area contributed by atoms with E-state index < -0.39 is 0 Å². The zero-order valence-corrected chi connectivity index (χ0v) is 13.8. The van der Waals surface area contributed by atoms with Crippen LogP contribution >= 0.6 is 15.9 Å². The topological polar surface area (TPSA) is 47.0 Å². The van der Waals surface area contributed by atoms with Gasteiger partial charge in [-0.2, -0.15) is 0 Å². The van der Waals surface area contributed by atoms with Gasteiger partial charge in [0.15, 0.2) is 0 Å². The Balaban J connectivity index is 1.81. The van der Waals surface area contributed by atoms with Crippen molar-refractivity contribution < 1.29 is 4.74 Å². The molecule has 0 aliphatic heterocycles. The second-order valence-electron chi connectivity index (χ2n) is 4.86. The summed E-state index contributed by atoms with van der Waals surface area (Å²) in [4.78, 5) is 8.69. The second-order valence-corrected chi connectivity index (χ2v) is 5.66. The van der Waals surface area contributed by atoms with Crippen molar-refractivity contribution in [2.75, 3.05) is 19.0 Å². The number of hydrogen-bond donors (Lipinski definition) is 1. The van der Waals surface area contributed by atoms with Gasteiger partial charge in [0.2, 0.25) is 0 Å². The number of nitrogens with one attached hydrogen (secondary N) is 1. The molecule has 112 valence electrons. The molecule has 5 heteroatoms. The van der Waals surface area contributed by atoms with Gasteiger partial charge in [0.25, 0.3) is 0 Å². The van der Waals surface area contributed by atoms with E-state index in [2.05, 4.69) is 55.5 Å². The number of halogens is 1. The van der Waals surface area contributed by atoms with Gasteiger partial charge in [0.1, 0.15) is 17.9 Å². The summed E-state index contributed by atoms with van der Waals surface area (Å²) in [5, 5.41) is 4.36. The van der Waals surface area contributed by atoms with Crippen molar-refractivity contribution in [2.24, 2.45) is 0 Å². The van der Waals surface area contributed by atoms with E-state index in [0.29, 0.717) is 0 Å². The van der Waals surface area contributed by atoms with Crippen molar-refractivity contribution in [3.63, 3.8) is 0 Å². The maximum Gasteiger partial charge on any atom is 0.137 e. The summed E-state index contributed by atoms with van der Waals surface area (Å²) in [7, 11) is 1.64. The fourth-order valence-corrected chi connectivity index (χ4v) is 2.96. The van der Waals surface area contributed by atoms with E-state index in [1.807, 2.05) is 18.2 Å². The number of aromatic nitrogens is 2.